The van der Waals surface area contributed by atoms with Crippen molar-refractivity contribution < 1.29 is 19.4 Å². The van der Waals surface area contributed by atoms with E-state index < -0.39 is 16.9 Å². The van der Waals surface area contributed by atoms with Gasteiger partial charge in [0.25, 0.3) is 0 Å². The molecule has 0 aliphatic heterocycles. The summed E-state index contributed by atoms with van der Waals surface area (Å²) in [6.07, 6.45) is 0.558. The van der Waals surface area contributed by atoms with Gasteiger partial charge in [0, 0.05) is 10.9 Å². The highest BCUT2D eigenvalue weighted by Crippen LogP contribution is 2.38. The highest BCUT2D eigenvalue weighted by Gasteiger charge is 2.35. The zero-order chi connectivity index (χ0) is 16.2. The minimum absolute atomic E-state index is 0.0179. The van der Waals surface area contributed by atoms with Crippen molar-refractivity contribution in [2.45, 2.75) is 17.7 Å². The Kier molecular flexibility index (Phi) is 6.97. The summed E-state index contributed by atoms with van der Waals surface area (Å²) in [5.74, 6) is -1.22. The second-order valence-corrected chi connectivity index (χ2v) is 7.04. The topological polar surface area (TPSA) is 63.6 Å². The summed E-state index contributed by atoms with van der Waals surface area (Å²) in [4.78, 5) is 23.0. The number of aliphatic carboxylic acids is 1. The normalized spacial score (nSPS) is 13.6. The van der Waals surface area contributed by atoms with E-state index in [2.05, 4.69) is 31.9 Å². The Bertz CT molecular complexity index is 559. The van der Waals surface area contributed by atoms with Crippen LogP contribution in [0.2, 0.25) is 10.0 Å². The molecule has 0 amide bonds. The van der Waals surface area contributed by atoms with E-state index in [0.29, 0.717) is 11.8 Å². The Morgan fingerprint density at radius 2 is 1.95 bits per heavy atom. The number of ether oxygens (including phenoxy) is 1. The van der Waals surface area contributed by atoms with Crippen molar-refractivity contribution in [3.05, 3.63) is 27.7 Å². The number of rotatable bonds is 7. The lowest BCUT2D eigenvalue weighted by Crippen LogP contribution is -2.33. The fraction of sp³-hybridized carbons (Fsp3) is 0.385. The second kappa shape index (κ2) is 7.81. The van der Waals surface area contributed by atoms with Gasteiger partial charge in [-0.3, -0.25) is 4.79 Å². The first kappa shape index (κ1) is 18.7. The molecule has 0 fully saturated rings. The molecule has 1 aromatic carbocycles. The first-order chi connectivity index (χ1) is 9.76. The summed E-state index contributed by atoms with van der Waals surface area (Å²) in [5.41, 5.74) is 0.252. The Morgan fingerprint density at radius 1 is 1.33 bits per heavy atom. The van der Waals surface area contributed by atoms with Gasteiger partial charge in [0.05, 0.1) is 9.35 Å². The van der Waals surface area contributed by atoms with Gasteiger partial charge in [-0.1, -0.05) is 62.0 Å². The van der Waals surface area contributed by atoms with E-state index in [1.54, 1.807) is 0 Å². The molecule has 1 unspecified atom stereocenters. The third-order valence-corrected chi connectivity index (χ3v) is 6.60. The smallest absolute Gasteiger partial charge is 0.341 e. The van der Waals surface area contributed by atoms with Crippen LogP contribution in [-0.4, -0.2) is 33.1 Å². The van der Waals surface area contributed by atoms with Crippen molar-refractivity contribution in [3.63, 3.8) is 0 Å². The van der Waals surface area contributed by atoms with E-state index in [1.165, 1.54) is 12.1 Å². The van der Waals surface area contributed by atoms with Gasteiger partial charge in [-0.25, -0.2) is 4.79 Å². The fourth-order valence-corrected chi connectivity index (χ4v) is 2.84. The highest BCUT2D eigenvalue weighted by atomic mass is 79.9. The zero-order valence-electron chi connectivity index (χ0n) is 11.0. The lowest BCUT2D eigenvalue weighted by Gasteiger charge is -2.22. The monoisotopic (exact) mass is 460 g/mol. The first-order valence-corrected chi connectivity index (χ1v) is 8.56. The average Bonchev–Trinajstić information content (AvgIpc) is 2.47. The van der Waals surface area contributed by atoms with Gasteiger partial charge in [-0.2, -0.15) is 0 Å². The maximum Gasteiger partial charge on any atom is 0.341 e. The van der Waals surface area contributed by atoms with Crippen LogP contribution < -0.4 is 4.74 Å². The van der Waals surface area contributed by atoms with Crippen molar-refractivity contribution in [1.29, 1.82) is 0 Å². The van der Waals surface area contributed by atoms with Crippen molar-refractivity contribution in [2.24, 2.45) is 0 Å². The van der Waals surface area contributed by atoms with Gasteiger partial charge in [0.1, 0.15) is 10.8 Å². The van der Waals surface area contributed by atoms with Crippen molar-refractivity contribution in [1.82, 2.24) is 0 Å². The Hall–Kier alpha value is -0.300. The van der Waals surface area contributed by atoms with Crippen LogP contribution in [0.1, 0.15) is 23.7 Å². The first-order valence-electron chi connectivity index (χ1n) is 5.89. The quantitative estimate of drug-likeness (QED) is 0.476. The Morgan fingerprint density at radius 3 is 2.43 bits per heavy atom. The van der Waals surface area contributed by atoms with E-state index >= 15 is 0 Å². The standard InChI is InChI=1S/C13H12Br2Cl2O4/c1-2-13(15,6-14)12(20)7-3-4-8(11(17)10(7)16)21-5-9(18)19/h3-4H,2,5-6H2,1H3,(H,18,19). The third kappa shape index (κ3) is 4.34. The zero-order valence-corrected chi connectivity index (χ0v) is 15.6. The van der Waals surface area contributed by atoms with Crippen LogP contribution in [0.4, 0.5) is 0 Å². The summed E-state index contributed by atoms with van der Waals surface area (Å²) in [6.45, 7) is 1.33. The van der Waals surface area contributed by atoms with E-state index in [-0.39, 0.29) is 27.1 Å². The van der Waals surface area contributed by atoms with Crippen molar-refractivity contribution >= 4 is 66.8 Å². The predicted molar refractivity (Wildman–Crippen MR) is 89.7 cm³/mol. The van der Waals surface area contributed by atoms with Crippen LogP contribution in [0.5, 0.6) is 5.75 Å². The molecular formula is C13H12Br2Cl2O4. The summed E-state index contributed by atoms with van der Waals surface area (Å²) in [7, 11) is 0. The van der Waals surface area contributed by atoms with Gasteiger partial charge >= 0.3 is 5.97 Å². The summed E-state index contributed by atoms with van der Waals surface area (Å²) in [6, 6.07) is 2.91. The number of carboxylic acids is 1. The van der Waals surface area contributed by atoms with Crippen LogP contribution in [0.25, 0.3) is 0 Å². The molecule has 116 valence electrons. The molecule has 0 heterocycles. The van der Waals surface area contributed by atoms with E-state index in [1.807, 2.05) is 6.92 Å². The molecule has 0 saturated heterocycles. The van der Waals surface area contributed by atoms with Gasteiger partial charge < -0.3 is 9.84 Å². The number of carboxylic acid groups (broad SMARTS) is 1. The molecule has 0 bridgehead atoms. The molecule has 4 nitrogen and oxygen atoms in total. The SMILES string of the molecule is CCC(Br)(CBr)C(=O)c1ccc(OCC(=O)O)c(Cl)c1Cl. The molecule has 0 radical (unpaired) electrons. The Balaban J connectivity index is 3.15. The minimum Gasteiger partial charge on any atom is -0.480 e. The molecule has 1 N–H and O–H groups in total. The van der Waals surface area contributed by atoms with Crippen LogP contribution in [0, 0.1) is 0 Å². The van der Waals surface area contributed by atoms with Crippen LogP contribution >= 0.6 is 55.1 Å². The second-order valence-electron chi connectivity index (χ2n) is 4.20. The number of hydrogen-bond acceptors (Lipinski definition) is 3. The van der Waals surface area contributed by atoms with Gasteiger partial charge in [-0.15, -0.1) is 0 Å². The molecule has 0 aliphatic rings. The fourth-order valence-electron chi connectivity index (χ4n) is 1.52. The molecule has 1 rings (SSSR count). The number of ketones is 1. The van der Waals surface area contributed by atoms with Gasteiger partial charge in [0.2, 0.25) is 0 Å². The van der Waals surface area contributed by atoms with E-state index in [4.69, 9.17) is 33.0 Å². The number of carbonyl (C=O) groups is 2. The molecule has 0 aliphatic carbocycles. The van der Waals surface area contributed by atoms with Crippen LogP contribution in [-0.2, 0) is 4.79 Å². The number of carbonyl (C=O) groups excluding carboxylic acids is 1. The summed E-state index contributed by atoms with van der Waals surface area (Å²) < 4.78 is 4.23. The largest absolute Gasteiger partial charge is 0.480 e. The highest BCUT2D eigenvalue weighted by molar-refractivity contribution is 9.12. The number of Topliss-reactive ketones (excluding diaryl/α,β-unsaturated/α-hetero) is 1. The molecular weight excluding hydrogens is 451 g/mol. The minimum atomic E-state index is -1.13. The van der Waals surface area contributed by atoms with Gasteiger partial charge in [0.15, 0.2) is 12.4 Å². The van der Waals surface area contributed by atoms with E-state index in [9.17, 15) is 9.59 Å². The summed E-state index contributed by atoms with van der Waals surface area (Å²) in [5, 5.41) is 9.06. The average molecular weight is 463 g/mol. The molecule has 0 saturated carbocycles. The van der Waals surface area contributed by atoms with E-state index in [0.717, 1.165) is 0 Å². The van der Waals surface area contributed by atoms with Gasteiger partial charge in [-0.05, 0) is 18.6 Å². The number of halogens is 4. The Labute approximate surface area is 149 Å². The van der Waals surface area contributed by atoms with Crippen molar-refractivity contribution in [2.75, 3.05) is 11.9 Å². The molecule has 8 heteroatoms. The lowest BCUT2D eigenvalue weighted by atomic mass is 9.96. The van der Waals surface area contributed by atoms with Crippen LogP contribution in [0.15, 0.2) is 12.1 Å². The third-order valence-electron chi connectivity index (χ3n) is 2.82. The molecule has 1 atom stereocenters. The lowest BCUT2D eigenvalue weighted by molar-refractivity contribution is -0.139. The number of alkyl halides is 2. The number of hydrogen-bond donors (Lipinski definition) is 1. The number of benzene rings is 1. The van der Waals surface area contributed by atoms with Crippen molar-refractivity contribution in [3.8, 4) is 5.75 Å². The predicted octanol–water partition coefficient (Wildman–Crippen LogP) is 4.58. The summed E-state index contributed by atoms with van der Waals surface area (Å²) >= 11 is 18.8. The van der Waals surface area contributed by atoms with Crippen LogP contribution in [0.3, 0.4) is 0 Å². The molecule has 21 heavy (non-hydrogen) atoms. The maximum atomic E-state index is 12.5. The molecule has 0 aromatic heterocycles. The molecule has 0 spiro atoms. The molecule has 1 aromatic rings. The maximum absolute atomic E-state index is 12.5.